The monoisotopic (exact) mass is 466 g/mol. The molecule has 3 rings (SSSR count). The fourth-order valence-corrected chi connectivity index (χ4v) is 3.53. The maximum Gasteiger partial charge on any atom is 0.260 e. The third-order valence-electron chi connectivity index (χ3n) is 4.20. The van der Waals surface area contributed by atoms with Crippen molar-refractivity contribution in [2.75, 3.05) is 32.8 Å². The summed E-state index contributed by atoms with van der Waals surface area (Å²) in [7, 11) is 0. The smallest absolute Gasteiger partial charge is 0.260 e. The molecule has 0 bridgehead atoms. The van der Waals surface area contributed by atoms with Crippen molar-refractivity contribution in [3.63, 3.8) is 0 Å². The Morgan fingerprint density at radius 1 is 0.960 bits per heavy atom. The summed E-state index contributed by atoms with van der Waals surface area (Å²) in [5.74, 6) is 0.759. The lowest BCUT2D eigenvalue weighted by atomic mass is 10.2. The van der Waals surface area contributed by atoms with Crippen LogP contribution in [0.3, 0.4) is 0 Å². The number of carbonyl (C=O) groups excluding carboxylic acids is 1. The van der Waals surface area contributed by atoms with Gasteiger partial charge in [0.1, 0.15) is 5.75 Å². The molecule has 1 saturated heterocycles. The van der Waals surface area contributed by atoms with Crippen LogP contribution in [0, 0.1) is 0 Å². The first kappa shape index (κ1) is 18.4. The molecular formula is C19H20Br2N2O2. The van der Waals surface area contributed by atoms with Gasteiger partial charge in [0, 0.05) is 41.7 Å². The Morgan fingerprint density at radius 2 is 1.68 bits per heavy atom. The highest BCUT2D eigenvalue weighted by Gasteiger charge is 2.21. The van der Waals surface area contributed by atoms with Crippen LogP contribution in [0.15, 0.2) is 57.5 Å². The van der Waals surface area contributed by atoms with E-state index in [0.29, 0.717) is 5.75 Å². The number of halogens is 2. The molecule has 1 heterocycles. The van der Waals surface area contributed by atoms with Gasteiger partial charge in [0.15, 0.2) is 6.61 Å². The number of hydrogen-bond acceptors (Lipinski definition) is 3. The zero-order valence-corrected chi connectivity index (χ0v) is 17.0. The predicted molar refractivity (Wildman–Crippen MR) is 106 cm³/mol. The molecule has 6 heteroatoms. The summed E-state index contributed by atoms with van der Waals surface area (Å²) in [6, 6.07) is 15.9. The molecule has 2 aromatic rings. The molecule has 1 fully saturated rings. The molecule has 1 aliphatic rings. The van der Waals surface area contributed by atoms with Crippen molar-refractivity contribution in [1.82, 2.24) is 9.80 Å². The number of ether oxygens (including phenoxy) is 1. The number of amides is 1. The van der Waals surface area contributed by atoms with Gasteiger partial charge in [0.2, 0.25) is 0 Å². The van der Waals surface area contributed by atoms with Crippen molar-refractivity contribution in [2.45, 2.75) is 6.54 Å². The Morgan fingerprint density at radius 3 is 2.36 bits per heavy atom. The second-order valence-electron chi connectivity index (χ2n) is 6.03. The summed E-state index contributed by atoms with van der Waals surface area (Å²) in [4.78, 5) is 16.6. The maximum absolute atomic E-state index is 12.3. The Bertz CT molecular complexity index is 714. The van der Waals surface area contributed by atoms with Crippen LogP contribution >= 0.6 is 31.9 Å². The molecule has 0 unspecified atom stereocenters. The molecule has 0 atom stereocenters. The molecule has 1 aliphatic heterocycles. The van der Waals surface area contributed by atoms with Crippen LogP contribution in [0.1, 0.15) is 5.56 Å². The lowest BCUT2D eigenvalue weighted by Gasteiger charge is -2.34. The van der Waals surface area contributed by atoms with Crippen LogP contribution in [0.25, 0.3) is 0 Å². The van der Waals surface area contributed by atoms with Gasteiger partial charge in [0.05, 0.1) is 0 Å². The Kier molecular flexibility index (Phi) is 6.51. The quantitative estimate of drug-likeness (QED) is 0.667. The van der Waals surface area contributed by atoms with Crippen LogP contribution in [0.5, 0.6) is 5.75 Å². The van der Waals surface area contributed by atoms with Gasteiger partial charge in [-0.15, -0.1) is 0 Å². The van der Waals surface area contributed by atoms with Gasteiger partial charge in [-0.25, -0.2) is 0 Å². The van der Waals surface area contributed by atoms with Crippen molar-refractivity contribution >= 4 is 37.8 Å². The first-order chi connectivity index (χ1) is 12.1. The normalized spacial score (nSPS) is 15.2. The number of rotatable bonds is 5. The van der Waals surface area contributed by atoms with Crippen molar-refractivity contribution in [3.8, 4) is 5.75 Å². The summed E-state index contributed by atoms with van der Waals surface area (Å²) in [5.41, 5.74) is 1.28. The molecule has 0 N–H and O–H groups in total. The van der Waals surface area contributed by atoms with E-state index in [1.54, 1.807) is 0 Å². The van der Waals surface area contributed by atoms with E-state index in [2.05, 4.69) is 55.0 Å². The van der Waals surface area contributed by atoms with Crippen LogP contribution in [0.4, 0.5) is 0 Å². The minimum Gasteiger partial charge on any atom is -0.484 e. The molecular weight excluding hydrogens is 448 g/mol. The lowest BCUT2D eigenvalue weighted by Crippen LogP contribution is -2.49. The lowest BCUT2D eigenvalue weighted by molar-refractivity contribution is -0.135. The topological polar surface area (TPSA) is 32.8 Å². The Labute approximate surface area is 165 Å². The van der Waals surface area contributed by atoms with Gasteiger partial charge in [-0.05, 0) is 42.0 Å². The van der Waals surface area contributed by atoms with Crippen LogP contribution < -0.4 is 4.74 Å². The van der Waals surface area contributed by atoms with E-state index in [-0.39, 0.29) is 12.5 Å². The van der Waals surface area contributed by atoms with Crippen molar-refractivity contribution in [3.05, 3.63) is 63.0 Å². The maximum atomic E-state index is 12.3. The van der Waals surface area contributed by atoms with E-state index in [1.807, 2.05) is 35.2 Å². The van der Waals surface area contributed by atoms with Crippen LogP contribution in [0.2, 0.25) is 0 Å². The molecule has 1 amide bonds. The number of nitrogens with zero attached hydrogens (tertiary/aromatic N) is 2. The van der Waals surface area contributed by atoms with Crippen LogP contribution in [-0.4, -0.2) is 48.5 Å². The average molecular weight is 468 g/mol. The summed E-state index contributed by atoms with van der Waals surface area (Å²) in [6.07, 6.45) is 0. The molecule has 0 saturated carbocycles. The van der Waals surface area contributed by atoms with Gasteiger partial charge in [-0.1, -0.05) is 44.0 Å². The summed E-state index contributed by atoms with van der Waals surface area (Å²) >= 11 is 6.89. The molecule has 25 heavy (non-hydrogen) atoms. The molecule has 2 aromatic carbocycles. The van der Waals surface area contributed by atoms with Gasteiger partial charge in [0.25, 0.3) is 5.91 Å². The average Bonchev–Trinajstić information content (AvgIpc) is 2.62. The summed E-state index contributed by atoms with van der Waals surface area (Å²) in [6.45, 7) is 4.27. The van der Waals surface area contributed by atoms with Gasteiger partial charge in [-0.2, -0.15) is 0 Å². The summed E-state index contributed by atoms with van der Waals surface area (Å²) < 4.78 is 7.67. The largest absolute Gasteiger partial charge is 0.484 e. The molecule has 0 spiro atoms. The van der Waals surface area contributed by atoms with E-state index in [0.717, 1.165) is 41.7 Å². The fraction of sp³-hybridized carbons (Fsp3) is 0.316. The second kappa shape index (κ2) is 8.83. The molecule has 0 aliphatic carbocycles. The first-order valence-corrected chi connectivity index (χ1v) is 9.82. The highest BCUT2D eigenvalue weighted by molar-refractivity contribution is 9.10. The van der Waals surface area contributed by atoms with E-state index in [9.17, 15) is 4.79 Å². The van der Waals surface area contributed by atoms with Gasteiger partial charge >= 0.3 is 0 Å². The van der Waals surface area contributed by atoms with E-state index in [1.165, 1.54) is 5.56 Å². The van der Waals surface area contributed by atoms with Gasteiger partial charge < -0.3 is 9.64 Å². The number of hydrogen-bond donors (Lipinski definition) is 0. The highest BCUT2D eigenvalue weighted by Crippen LogP contribution is 2.17. The van der Waals surface area contributed by atoms with Crippen molar-refractivity contribution in [1.29, 1.82) is 0 Å². The summed E-state index contributed by atoms with van der Waals surface area (Å²) in [5, 5.41) is 0. The van der Waals surface area contributed by atoms with E-state index in [4.69, 9.17) is 4.74 Å². The molecule has 4 nitrogen and oxygen atoms in total. The minimum atomic E-state index is 0.0463. The predicted octanol–water partition coefficient (Wildman–Crippen LogP) is 3.93. The standard InChI is InChI=1S/C19H20Br2N2O2/c20-16-4-6-18(7-5-16)25-14-19(24)23-10-8-22(9-11-23)13-15-2-1-3-17(21)12-15/h1-7,12H,8-11,13-14H2. The van der Waals surface area contributed by atoms with Crippen molar-refractivity contribution < 1.29 is 9.53 Å². The number of piperazine rings is 1. The fourth-order valence-electron chi connectivity index (χ4n) is 2.82. The third-order valence-corrected chi connectivity index (χ3v) is 5.22. The Hall–Kier alpha value is -1.37. The van der Waals surface area contributed by atoms with E-state index >= 15 is 0 Å². The number of carbonyl (C=O) groups is 1. The van der Waals surface area contributed by atoms with E-state index < -0.39 is 0 Å². The Balaban J connectivity index is 1.43. The first-order valence-electron chi connectivity index (χ1n) is 8.23. The van der Waals surface area contributed by atoms with Gasteiger partial charge in [-0.3, -0.25) is 9.69 Å². The zero-order valence-electron chi connectivity index (χ0n) is 13.8. The highest BCUT2D eigenvalue weighted by atomic mass is 79.9. The third kappa shape index (κ3) is 5.56. The molecule has 0 radical (unpaired) electrons. The molecule has 0 aromatic heterocycles. The zero-order chi connectivity index (χ0) is 17.6. The minimum absolute atomic E-state index is 0.0463. The second-order valence-corrected chi connectivity index (χ2v) is 7.86. The van der Waals surface area contributed by atoms with Crippen molar-refractivity contribution in [2.24, 2.45) is 0 Å². The molecule has 132 valence electrons. The SMILES string of the molecule is O=C(COc1ccc(Br)cc1)N1CCN(Cc2cccc(Br)c2)CC1. The van der Waals surface area contributed by atoms with Crippen LogP contribution in [-0.2, 0) is 11.3 Å². The number of benzene rings is 2.